The lowest BCUT2D eigenvalue weighted by Crippen LogP contribution is -2.82. The first kappa shape index (κ1) is 57.0. The van der Waals surface area contributed by atoms with Crippen molar-refractivity contribution < 1.29 is 86.1 Å². The van der Waals surface area contributed by atoms with Crippen LogP contribution >= 0.6 is 15.9 Å². The Bertz CT molecular complexity index is 3360. The Morgan fingerprint density at radius 2 is 1.48 bits per heavy atom. The molecular weight excluding hydrogens is 1110 g/mol. The highest BCUT2D eigenvalue weighted by molar-refractivity contribution is 9.10. The quantitative estimate of drug-likeness (QED) is 0.0438. The highest BCUT2D eigenvalue weighted by Crippen LogP contribution is 2.64. The fourth-order valence-corrected chi connectivity index (χ4v) is 12.6. The molecule has 20 nitrogen and oxygen atoms in total. The van der Waals surface area contributed by atoms with Crippen molar-refractivity contribution in [2.45, 2.75) is 115 Å². The lowest BCUT2D eigenvalue weighted by atomic mass is 9.44. The van der Waals surface area contributed by atoms with E-state index in [0.29, 0.717) is 15.6 Å². The van der Waals surface area contributed by atoms with Gasteiger partial charge in [-0.2, -0.15) is 0 Å². The van der Waals surface area contributed by atoms with Crippen molar-refractivity contribution >= 4 is 68.6 Å². The van der Waals surface area contributed by atoms with Crippen LogP contribution in [0.4, 0.5) is 4.79 Å². The monoisotopic (exact) mass is 1160 g/mol. The third-order valence-electron chi connectivity index (χ3n) is 16.1. The van der Waals surface area contributed by atoms with E-state index in [0.717, 1.165) is 19.9 Å². The summed E-state index contributed by atoms with van der Waals surface area (Å²) in [4.78, 5) is 114. The number of carbonyl (C=O) groups excluding carboxylic acids is 7. The van der Waals surface area contributed by atoms with Crippen LogP contribution in [0.2, 0.25) is 0 Å². The minimum absolute atomic E-state index is 0.0141. The van der Waals surface area contributed by atoms with Gasteiger partial charge in [-0.1, -0.05) is 80.6 Å². The van der Waals surface area contributed by atoms with Gasteiger partial charge in [0.25, 0.3) is 5.91 Å². The zero-order chi connectivity index (χ0) is 57.6. The SMILES string of the molecule is COc1cc2oc(=O)cc(COC(=O)O[C@@H](C(=O)O[C@H]3C[C@@]4(O)[C@@H](OC(=O)c5ccccc5)[C@@H]5[C@]6(OC(C)=O)CO[C@@H]6C[C@H](O)[C@@]5(C)C(=O)[C@H](OC(C)=O)C(=C3C)C4(C)C)[C@@H](NC(=O)c3ccccc3)c3ccccc3)c2cc1Br. The fraction of sp³-hybridized carbons (Fsp3) is 0.390. The standard InChI is InChI=1S/C59H58BrNO19/c1-30-41(27-59(71)51(79-53(68)35-21-15-10-16-22-35)49-57(6,42(64)26-43-58(49,29-74-43)80-32(3)63)50(66)47(75-31(2)62)45(30)56(59,4)5)77-54(69)48(46(33-17-11-8-12-18-33)61-52(67)34-19-13-9-14-20-34)78-55(70)73-28-36-23-44(65)76-39-25-40(72-7)38(60)24-37(36)39/h8-25,41-43,46-49,51,64,71H,26-29H2,1-7H3,(H,61,67)/t41-,42-,43+,46-,47+,48+,49-,51-,57+,58-,59+/m0/s1. The second-order valence-electron chi connectivity index (χ2n) is 21.1. The molecule has 1 aliphatic heterocycles. The van der Waals surface area contributed by atoms with Crippen LogP contribution in [-0.4, -0.2) is 113 Å². The van der Waals surface area contributed by atoms with Crippen molar-refractivity contribution in [1.29, 1.82) is 0 Å². The molecule has 0 unspecified atom stereocenters. The Morgan fingerprint density at radius 3 is 2.08 bits per heavy atom. The number of hydrogen-bond donors (Lipinski definition) is 3. The first-order chi connectivity index (χ1) is 37.9. The second kappa shape index (κ2) is 22.1. The Balaban J connectivity index is 1.18. The average molecular weight is 1170 g/mol. The second-order valence-corrected chi connectivity index (χ2v) is 21.9. The first-order valence-electron chi connectivity index (χ1n) is 25.6. The van der Waals surface area contributed by atoms with Gasteiger partial charge in [-0.15, -0.1) is 0 Å². The molecule has 3 N–H and O–H groups in total. The van der Waals surface area contributed by atoms with Crippen molar-refractivity contribution in [2.24, 2.45) is 16.7 Å². The number of aliphatic hydroxyl groups excluding tert-OH is 1. The van der Waals surface area contributed by atoms with Crippen LogP contribution in [0.1, 0.15) is 92.3 Å². The summed E-state index contributed by atoms with van der Waals surface area (Å²) in [6.45, 7) is 7.09. The minimum Gasteiger partial charge on any atom is -0.495 e. The summed E-state index contributed by atoms with van der Waals surface area (Å²) >= 11 is 3.41. The number of esters is 4. The summed E-state index contributed by atoms with van der Waals surface area (Å²) < 4.78 is 53.7. The zero-order valence-electron chi connectivity index (χ0n) is 44.6. The van der Waals surface area contributed by atoms with E-state index in [-0.39, 0.29) is 52.0 Å². The van der Waals surface area contributed by atoms with Crippen molar-refractivity contribution in [3.63, 3.8) is 0 Å². The van der Waals surface area contributed by atoms with Gasteiger partial charge in [-0.25, -0.2) is 19.2 Å². The molecule has 2 heterocycles. The topological polar surface area (TPSA) is 276 Å². The summed E-state index contributed by atoms with van der Waals surface area (Å²) in [6, 6.07) is 26.2. The molecule has 11 atom stereocenters. The van der Waals surface area contributed by atoms with E-state index in [1.54, 1.807) is 72.8 Å². The van der Waals surface area contributed by atoms with Gasteiger partial charge in [-0.05, 0) is 76.8 Å². The molecule has 80 heavy (non-hydrogen) atoms. The Morgan fingerprint density at radius 1 is 0.838 bits per heavy atom. The summed E-state index contributed by atoms with van der Waals surface area (Å²) in [5.41, 5.74) is -8.49. The first-order valence-corrected chi connectivity index (χ1v) is 26.4. The van der Waals surface area contributed by atoms with E-state index in [2.05, 4.69) is 21.2 Å². The molecule has 9 rings (SSSR count). The van der Waals surface area contributed by atoms with Crippen LogP contribution in [0.15, 0.2) is 134 Å². The molecule has 420 valence electrons. The number of ketones is 1. The van der Waals surface area contributed by atoms with Gasteiger partial charge in [0.2, 0.25) is 6.10 Å². The van der Waals surface area contributed by atoms with Crippen LogP contribution in [0.5, 0.6) is 5.75 Å². The van der Waals surface area contributed by atoms with Gasteiger partial charge >= 0.3 is 35.7 Å². The average Bonchev–Trinajstić information content (AvgIpc) is 3.62. The zero-order valence-corrected chi connectivity index (χ0v) is 46.1. The van der Waals surface area contributed by atoms with Gasteiger partial charge in [0.15, 0.2) is 17.5 Å². The number of carbonyl (C=O) groups is 7. The van der Waals surface area contributed by atoms with Crippen molar-refractivity contribution in [2.75, 3.05) is 13.7 Å². The number of hydrogen-bond acceptors (Lipinski definition) is 19. The van der Waals surface area contributed by atoms with Gasteiger partial charge in [-0.3, -0.25) is 19.2 Å². The molecule has 3 fully saturated rings. The molecule has 1 saturated heterocycles. The number of nitrogens with one attached hydrogen (secondary N) is 1. The van der Waals surface area contributed by atoms with Crippen molar-refractivity contribution in [3.8, 4) is 5.75 Å². The molecule has 3 aliphatic carbocycles. The number of halogens is 1. The highest BCUT2D eigenvalue weighted by Gasteiger charge is 2.78. The maximum atomic E-state index is 15.8. The van der Waals surface area contributed by atoms with Crippen LogP contribution in [0.25, 0.3) is 11.0 Å². The Hall–Kier alpha value is -7.72. The van der Waals surface area contributed by atoms with E-state index in [9.17, 15) is 39.0 Å². The van der Waals surface area contributed by atoms with Crippen molar-refractivity contribution in [3.05, 3.63) is 157 Å². The molecule has 4 aliphatic rings. The summed E-state index contributed by atoms with van der Waals surface area (Å²) in [5, 5.41) is 29.5. The van der Waals surface area contributed by atoms with Crippen LogP contribution in [-0.2, 0) is 58.9 Å². The summed E-state index contributed by atoms with van der Waals surface area (Å²) in [7, 11) is 1.42. The lowest BCUT2D eigenvalue weighted by Gasteiger charge is -2.67. The Kier molecular flexibility index (Phi) is 15.7. The Labute approximate surface area is 466 Å². The molecule has 0 radical (unpaired) electrons. The van der Waals surface area contributed by atoms with E-state index < -0.39 is 131 Å². The highest BCUT2D eigenvalue weighted by atomic mass is 79.9. The smallest absolute Gasteiger partial charge is 0.495 e. The molecule has 1 amide bonds. The van der Waals surface area contributed by atoms with E-state index in [1.807, 2.05) is 0 Å². The maximum Gasteiger partial charge on any atom is 0.509 e. The third-order valence-corrected chi connectivity index (χ3v) is 16.7. The summed E-state index contributed by atoms with van der Waals surface area (Å²) in [5.74, 6) is -7.07. The largest absolute Gasteiger partial charge is 0.509 e. The number of amides is 1. The van der Waals surface area contributed by atoms with Crippen LogP contribution in [0.3, 0.4) is 0 Å². The molecular formula is C59H58BrNO19. The predicted molar refractivity (Wildman–Crippen MR) is 283 cm³/mol. The number of aliphatic hydroxyl groups is 2. The molecule has 4 aromatic carbocycles. The van der Waals surface area contributed by atoms with E-state index >= 15 is 9.59 Å². The molecule has 1 aromatic heterocycles. The van der Waals surface area contributed by atoms with Gasteiger partial charge < -0.3 is 57.8 Å². The number of fused-ring (bicyclic) bond motifs is 6. The third kappa shape index (κ3) is 10.2. The number of ether oxygens (including phenoxy) is 8. The molecule has 5 aromatic rings. The van der Waals surface area contributed by atoms with Gasteiger partial charge in [0, 0.05) is 60.7 Å². The fourth-order valence-electron chi connectivity index (χ4n) is 12.1. The number of benzene rings is 4. The normalized spacial score (nSPS) is 27.2. The maximum absolute atomic E-state index is 15.8. The van der Waals surface area contributed by atoms with Gasteiger partial charge in [0.05, 0.1) is 41.2 Å². The minimum atomic E-state index is -2.54. The van der Waals surface area contributed by atoms with Crippen LogP contribution < -0.4 is 15.7 Å². The van der Waals surface area contributed by atoms with Gasteiger partial charge in [0.1, 0.15) is 47.9 Å². The molecule has 2 bridgehead atoms. The lowest BCUT2D eigenvalue weighted by molar-refractivity contribution is -0.346. The van der Waals surface area contributed by atoms with E-state index in [1.165, 1.54) is 65.1 Å². The van der Waals surface area contributed by atoms with Crippen LogP contribution in [0, 0.1) is 16.7 Å². The molecule has 21 heteroatoms. The predicted octanol–water partition coefficient (Wildman–Crippen LogP) is 6.97. The molecule has 2 saturated carbocycles. The van der Waals surface area contributed by atoms with E-state index in [4.69, 9.17) is 42.3 Å². The molecule has 0 spiro atoms. The summed E-state index contributed by atoms with van der Waals surface area (Å²) in [6.07, 6.45) is -12.9. The number of Topliss-reactive ketones (excluding diaryl/α,β-unsaturated/α-hetero) is 1. The number of methoxy groups -OCH3 is 1. The van der Waals surface area contributed by atoms with Crippen molar-refractivity contribution in [1.82, 2.24) is 5.32 Å². The number of rotatable bonds is 14.